The van der Waals surface area contributed by atoms with Crippen molar-refractivity contribution in [1.29, 1.82) is 0 Å². The maximum Gasteiger partial charge on any atom is 0.0443 e. The zero-order chi connectivity index (χ0) is 13.9. The van der Waals surface area contributed by atoms with E-state index in [1.165, 1.54) is 42.3 Å². The first kappa shape index (κ1) is 13.4. The van der Waals surface area contributed by atoms with Crippen molar-refractivity contribution in [3.05, 3.63) is 42.5 Å². The molecule has 2 aromatic rings. The molecule has 0 radical (unpaired) electrons. The predicted molar refractivity (Wildman–Crippen MR) is 87.5 cm³/mol. The Morgan fingerprint density at radius 1 is 1.15 bits per heavy atom. The van der Waals surface area contributed by atoms with Gasteiger partial charge in [0.05, 0.1) is 0 Å². The quantitative estimate of drug-likeness (QED) is 0.833. The molecule has 2 heteroatoms. The minimum Gasteiger partial charge on any atom is -0.374 e. The molecular formula is C18H24N2. The monoisotopic (exact) mass is 268 g/mol. The average molecular weight is 268 g/mol. The van der Waals surface area contributed by atoms with E-state index >= 15 is 0 Å². The lowest BCUT2D eigenvalue weighted by atomic mass is 10.1. The number of rotatable bonds is 4. The van der Waals surface area contributed by atoms with Gasteiger partial charge in [-0.2, -0.15) is 0 Å². The van der Waals surface area contributed by atoms with Crippen molar-refractivity contribution in [2.75, 3.05) is 32.1 Å². The summed E-state index contributed by atoms with van der Waals surface area (Å²) in [6, 6.07) is 16.0. The second-order valence-corrected chi connectivity index (χ2v) is 5.99. The van der Waals surface area contributed by atoms with Crippen LogP contribution in [0.3, 0.4) is 0 Å². The molecule has 3 rings (SSSR count). The molecular weight excluding hydrogens is 244 g/mol. The molecule has 2 aromatic carbocycles. The predicted octanol–water partition coefficient (Wildman–Crippen LogP) is 3.76. The minimum absolute atomic E-state index is 0.771. The van der Waals surface area contributed by atoms with Crippen molar-refractivity contribution < 1.29 is 0 Å². The smallest absolute Gasteiger partial charge is 0.0443 e. The van der Waals surface area contributed by atoms with Crippen LogP contribution in [0.15, 0.2) is 42.5 Å². The van der Waals surface area contributed by atoms with Crippen LogP contribution in [0.1, 0.15) is 19.3 Å². The molecule has 2 nitrogen and oxygen atoms in total. The molecule has 1 fully saturated rings. The highest BCUT2D eigenvalue weighted by atomic mass is 15.2. The van der Waals surface area contributed by atoms with Gasteiger partial charge in [-0.3, -0.25) is 0 Å². The Bertz CT molecular complexity index is 573. The molecule has 0 bridgehead atoms. The average Bonchev–Trinajstić information content (AvgIpc) is 2.89. The Balaban J connectivity index is 1.73. The second-order valence-electron chi connectivity index (χ2n) is 5.99. The summed E-state index contributed by atoms with van der Waals surface area (Å²) >= 11 is 0. The summed E-state index contributed by atoms with van der Waals surface area (Å²) in [5, 5.41) is 2.69. The molecule has 1 heterocycles. The summed E-state index contributed by atoms with van der Waals surface area (Å²) < 4.78 is 0. The van der Waals surface area contributed by atoms with E-state index in [1.54, 1.807) is 0 Å². The Hall–Kier alpha value is -1.54. The van der Waals surface area contributed by atoms with E-state index < -0.39 is 0 Å². The number of nitrogens with zero attached hydrogens (tertiary/aromatic N) is 2. The summed E-state index contributed by atoms with van der Waals surface area (Å²) in [6.07, 6.45) is 3.98. The summed E-state index contributed by atoms with van der Waals surface area (Å²) in [4.78, 5) is 4.92. The molecule has 1 aliphatic rings. The molecule has 0 aliphatic carbocycles. The van der Waals surface area contributed by atoms with Crippen molar-refractivity contribution in [2.24, 2.45) is 0 Å². The van der Waals surface area contributed by atoms with Gasteiger partial charge in [0, 0.05) is 30.7 Å². The summed E-state index contributed by atoms with van der Waals surface area (Å²) in [5.74, 6) is 0. The van der Waals surface area contributed by atoms with Crippen LogP contribution in [0, 0.1) is 0 Å². The van der Waals surface area contributed by atoms with Gasteiger partial charge in [-0.25, -0.2) is 0 Å². The van der Waals surface area contributed by atoms with E-state index in [4.69, 9.17) is 0 Å². The highest BCUT2D eigenvalue weighted by molar-refractivity contribution is 5.94. The summed E-state index contributed by atoms with van der Waals surface area (Å²) in [5.41, 5.74) is 1.35. The highest BCUT2D eigenvalue weighted by Gasteiger charge is 2.20. The van der Waals surface area contributed by atoms with Crippen LogP contribution in [0.25, 0.3) is 10.8 Å². The van der Waals surface area contributed by atoms with Gasteiger partial charge in [-0.15, -0.1) is 0 Å². The maximum absolute atomic E-state index is 2.51. The molecule has 0 amide bonds. The SMILES string of the molecule is CN(CCC1CCCN1C)c1cccc2ccccc12. The van der Waals surface area contributed by atoms with Gasteiger partial charge < -0.3 is 9.80 Å². The van der Waals surface area contributed by atoms with Gasteiger partial charge in [-0.1, -0.05) is 36.4 Å². The van der Waals surface area contributed by atoms with Crippen molar-refractivity contribution in [3.8, 4) is 0 Å². The fourth-order valence-electron chi connectivity index (χ4n) is 3.35. The van der Waals surface area contributed by atoms with E-state index in [-0.39, 0.29) is 0 Å². The first-order chi connectivity index (χ1) is 9.75. The lowest BCUT2D eigenvalue weighted by molar-refractivity contribution is 0.298. The van der Waals surface area contributed by atoms with Crippen molar-refractivity contribution in [2.45, 2.75) is 25.3 Å². The van der Waals surface area contributed by atoms with Gasteiger partial charge >= 0.3 is 0 Å². The lowest BCUT2D eigenvalue weighted by Gasteiger charge is -2.25. The third-order valence-corrected chi connectivity index (χ3v) is 4.65. The van der Waals surface area contributed by atoms with E-state index in [1.807, 2.05) is 0 Å². The van der Waals surface area contributed by atoms with Gasteiger partial charge in [0.25, 0.3) is 0 Å². The van der Waals surface area contributed by atoms with Crippen molar-refractivity contribution in [3.63, 3.8) is 0 Å². The van der Waals surface area contributed by atoms with Crippen LogP contribution in [0.2, 0.25) is 0 Å². The van der Waals surface area contributed by atoms with Crippen LogP contribution in [-0.4, -0.2) is 38.1 Å². The first-order valence-electron chi connectivity index (χ1n) is 7.65. The van der Waals surface area contributed by atoms with Crippen LogP contribution >= 0.6 is 0 Å². The Morgan fingerprint density at radius 2 is 1.95 bits per heavy atom. The molecule has 0 N–H and O–H groups in total. The second kappa shape index (κ2) is 5.84. The number of likely N-dealkylation sites (tertiary alicyclic amines) is 1. The molecule has 1 atom stereocenters. The van der Waals surface area contributed by atoms with Gasteiger partial charge in [0.2, 0.25) is 0 Å². The normalized spacial score (nSPS) is 19.6. The first-order valence-corrected chi connectivity index (χ1v) is 7.65. The number of anilines is 1. The molecule has 0 aromatic heterocycles. The number of hydrogen-bond donors (Lipinski definition) is 0. The fourth-order valence-corrected chi connectivity index (χ4v) is 3.35. The largest absolute Gasteiger partial charge is 0.374 e. The summed E-state index contributed by atoms with van der Waals surface area (Å²) in [7, 11) is 4.48. The number of benzene rings is 2. The maximum atomic E-state index is 2.51. The van der Waals surface area contributed by atoms with E-state index in [9.17, 15) is 0 Å². The van der Waals surface area contributed by atoms with E-state index in [0.717, 1.165) is 12.6 Å². The van der Waals surface area contributed by atoms with E-state index in [2.05, 4.69) is 66.4 Å². The van der Waals surface area contributed by atoms with Crippen LogP contribution in [-0.2, 0) is 0 Å². The van der Waals surface area contributed by atoms with Crippen LogP contribution in [0.5, 0.6) is 0 Å². The van der Waals surface area contributed by atoms with Gasteiger partial charge in [0.1, 0.15) is 0 Å². The Labute approximate surface area is 122 Å². The van der Waals surface area contributed by atoms with Crippen LogP contribution < -0.4 is 4.90 Å². The molecule has 1 unspecified atom stereocenters. The van der Waals surface area contributed by atoms with E-state index in [0.29, 0.717) is 0 Å². The van der Waals surface area contributed by atoms with Crippen molar-refractivity contribution in [1.82, 2.24) is 4.90 Å². The lowest BCUT2D eigenvalue weighted by Crippen LogP contribution is -2.30. The standard InChI is InChI=1S/C18H24N2/c1-19-13-6-9-16(19)12-14-20(2)18-11-5-8-15-7-3-4-10-17(15)18/h3-5,7-8,10-11,16H,6,9,12-14H2,1-2H3. The van der Waals surface area contributed by atoms with Gasteiger partial charge in [-0.05, 0) is 44.3 Å². The molecule has 1 aliphatic heterocycles. The third kappa shape index (κ3) is 2.66. The molecule has 106 valence electrons. The van der Waals surface area contributed by atoms with Crippen molar-refractivity contribution >= 4 is 16.5 Å². The zero-order valence-corrected chi connectivity index (χ0v) is 12.5. The summed E-state index contributed by atoms with van der Waals surface area (Å²) in [6.45, 7) is 2.39. The molecule has 0 spiro atoms. The third-order valence-electron chi connectivity index (χ3n) is 4.65. The Kier molecular flexibility index (Phi) is 3.93. The Morgan fingerprint density at radius 3 is 2.75 bits per heavy atom. The van der Waals surface area contributed by atoms with Crippen LogP contribution in [0.4, 0.5) is 5.69 Å². The topological polar surface area (TPSA) is 6.48 Å². The molecule has 20 heavy (non-hydrogen) atoms. The molecule has 0 saturated carbocycles. The zero-order valence-electron chi connectivity index (χ0n) is 12.5. The fraction of sp³-hybridized carbons (Fsp3) is 0.444. The minimum atomic E-state index is 0.771. The highest BCUT2D eigenvalue weighted by Crippen LogP contribution is 2.26. The number of fused-ring (bicyclic) bond motifs is 1. The van der Waals surface area contributed by atoms with Gasteiger partial charge in [0.15, 0.2) is 0 Å². The molecule has 1 saturated heterocycles. The number of hydrogen-bond acceptors (Lipinski definition) is 2.